The maximum atomic E-state index is 12.8. The topological polar surface area (TPSA) is 152 Å². The van der Waals surface area contributed by atoms with Crippen LogP contribution in [0.1, 0.15) is 226 Å². The molecule has 0 aromatic rings. The Bertz CT molecular complexity index is 1180. The van der Waals surface area contributed by atoms with E-state index in [1.807, 2.05) is 0 Å². The zero-order valence-corrected chi connectivity index (χ0v) is 40.8. The van der Waals surface area contributed by atoms with Crippen molar-refractivity contribution in [1.82, 2.24) is 0 Å². The molecular formula is C54H96O10. The van der Waals surface area contributed by atoms with Crippen LogP contribution in [0.2, 0.25) is 0 Å². The van der Waals surface area contributed by atoms with E-state index < -0.39 is 55.4 Å². The van der Waals surface area contributed by atoms with Crippen LogP contribution < -0.4 is 0 Å². The molecule has 1 heterocycles. The summed E-state index contributed by atoms with van der Waals surface area (Å²) in [6, 6.07) is 0. The number of rotatable bonds is 44. The predicted molar refractivity (Wildman–Crippen MR) is 261 cm³/mol. The molecule has 0 amide bonds. The Hall–Kier alpha value is -2.34. The SMILES string of the molecule is CCC/C=C/C/C=C/C/C=C/C/C=C/CCCCCC(=O)OC[C@H](CO[C@@H]1O[C@H](CO)[C@H](O)C(O)C1O)OC(=O)CCCCCCCCCCCCCCCCCCCCCCCC. The number of esters is 2. The molecule has 0 radical (unpaired) electrons. The van der Waals surface area contributed by atoms with Gasteiger partial charge in [0.25, 0.3) is 0 Å². The first-order chi connectivity index (χ1) is 31.3. The normalized spacial score (nSPS) is 19.8. The molecular weight excluding hydrogens is 809 g/mol. The van der Waals surface area contributed by atoms with Crippen molar-refractivity contribution in [2.75, 3.05) is 19.8 Å². The molecule has 1 saturated heterocycles. The molecule has 6 atom stereocenters. The molecule has 1 rings (SSSR count). The van der Waals surface area contributed by atoms with Gasteiger partial charge in [0, 0.05) is 12.8 Å². The molecule has 0 saturated carbocycles. The van der Waals surface area contributed by atoms with Gasteiger partial charge in [-0.25, -0.2) is 0 Å². The number of allylic oxidation sites excluding steroid dienone is 8. The predicted octanol–water partition coefficient (Wildman–Crippen LogP) is 12.4. The highest BCUT2D eigenvalue weighted by atomic mass is 16.7. The van der Waals surface area contributed by atoms with Crippen LogP contribution in [0.15, 0.2) is 48.6 Å². The van der Waals surface area contributed by atoms with E-state index in [2.05, 4.69) is 62.5 Å². The summed E-state index contributed by atoms with van der Waals surface area (Å²) in [5.74, 6) is -0.835. The number of aliphatic hydroxyl groups excluding tert-OH is 4. The Balaban J connectivity index is 2.26. The first-order valence-corrected chi connectivity index (χ1v) is 26.2. The summed E-state index contributed by atoms with van der Waals surface area (Å²) in [6.45, 7) is 3.35. The highest BCUT2D eigenvalue weighted by molar-refractivity contribution is 5.70. The fourth-order valence-electron chi connectivity index (χ4n) is 7.83. The molecule has 64 heavy (non-hydrogen) atoms. The van der Waals surface area contributed by atoms with Crippen LogP contribution in [0.4, 0.5) is 0 Å². The van der Waals surface area contributed by atoms with E-state index in [1.54, 1.807) is 0 Å². The van der Waals surface area contributed by atoms with Crippen LogP contribution in [0.3, 0.4) is 0 Å². The van der Waals surface area contributed by atoms with Gasteiger partial charge in [-0.3, -0.25) is 9.59 Å². The van der Waals surface area contributed by atoms with Crippen molar-refractivity contribution < 1.29 is 49.0 Å². The summed E-state index contributed by atoms with van der Waals surface area (Å²) >= 11 is 0. The molecule has 1 aliphatic heterocycles. The van der Waals surface area contributed by atoms with E-state index in [1.165, 1.54) is 122 Å². The number of hydrogen-bond donors (Lipinski definition) is 4. The fraction of sp³-hybridized carbons (Fsp3) is 0.815. The second-order valence-electron chi connectivity index (χ2n) is 18.0. The standard InChI is InChI=1S/C54H96O10/c1-3-5-7-9-11-13-15-17-19-21-22-23-24-25-27-29-31-33-35-37-39-41-43-50(57)63-47(46-62-54-53(60)52(59)51(58)48(44-55)64-54)45-61-49(56)42-40-38-36-34-32-30-28-26-20-18-16-14-12-10-8-6-4-2/h8,10,14,16,20,26,30,32,47-48,51-55,58-60H,3-7,9,11-13,15,17-19,21-25,27-29,31,33-46H2,1-2H3/b10-8+,16-14+,26-20+,32-30+/t47-,48-,51+,52?,53?,54-/m1/s1. The van der Waals surface area contributed by atoms with Crippen molar-refractivity contribution in [2.45, 2.75) is 263 Å². The van der Waals surface area contributed by atoms with Gasteiger partial charge < -0.3 is 39.4 Å². The van der Waals surface area contributed by atoms with Gasteiger partial charge in [-0.2, -0.15) is 0 Å². The van der Waals surface area contributed by atoms with Crippen LogP contribution in [-0.4, -0.2) is 89.0 Å². The Morgan fingerprint density at radius 1 is 0.484 bits per heavy atom. The van der Waals surface area contributed by atoms with Gasteiger partial charge in [-0.15, -0.1) is 0 Å². The van der Waals surface area contributed by atoms with Crippen LogP contribution >= 0.6 is 0 Å². The molecule has 1 aliphatic rings. The molecule has 4 N–H and O–H groups in total. The highest BCUT2D eigenvalue weighted by Crippen LogP contribution is 2.23. The number of ether oxygens (including phenoxy) is 4. The summed E-state index contributed by atoms with van der Waals surface area (Å²) in [5.41, 5.74) is 0. The van der Waals surface area contributed by atoms with E-state index >= 15 is 0 Å². The Morgan fingerprint density at radius 3 is 1.38 bits per heavy atom. The lowest BCUT2D eigenvalue weighted by molar-refractivity contribution is -0.305. The number of carbonyl (C=O) groups excluding carboxylic acids is 2. The largest absolute Gasteiger partial charge is 0.462 e. The van der Waals surface area contributed by atoms with Crippen molar-refractivity contribution in [3.05, 3.63) is 48.6 Å². The van der Waals surface area contributed by atoms with Gasteiger partial charge in [0.2, 0.25) is 0 Å². The molecule has 0 bridgehead atoms. The minimum atomic E-state index is -1.60. The number of hydrogen-bond acceptors (Lipinski definition) is 10. The maximum absolute atomic E-state index is 12.8. The lowest BCUT2D eigenvalue weighted by Crippen LogP contribution is -2.59. The van der Waals surface area contributed by atoms with E-state index in [-0.39, 0.29) is 26.1 Å². The molecule has 0 spiro atoms. The molecule has 10 nitrogen and oxygen atoms in total. The van der Waals surface area contributed by atoms with Crippen molar-refractivity contribution >= 4 is 11.9 Å². The van der Waals surface area contributed by atoms with Crippen LogP contribution in [0, 0.1) is 0 Å². The average Bonchev–Trinajstić information content (AvgIpc) is 3.29. The fourth-order valence-corrected chi connectivity index (χ4v) is 7.83. The van der Waals surface area contributed by atoms with Crippen LogP contribution in [-0.2, 0) is 28.5 Å². The third kappa shape index (κ3) is 34.9. The average molecular weight is 905 g/mol. The molecule has 0 aromatic heterocycles. The smallest absolute Gasteiger partial charge is 0.306 e. The lowest BCUT2D eigenvalue weighted by atomic mass is 9.99. The van der Waals surface area contributed by atoms with Crippen LogP contribution in [0.5, 0.6) is 0 Å². The highest BCUT2D eigenvalue weighted by Gasteiger charge is 2.44. The van der Waals surface area contributed by atoms with E-state index in [0.717, 1.165) is 64.2 Å². The summed E-state index contributed by atoms with van der Waals surface area (Å²) in [4.78, 5) is 25.4. The van der Waals surface area contributed by atoms with E-state index in [0.29, 0.717) is 12.8 Å². The third-order valence-corrected chi connectivity index (χ3v) is 11.9. The molecule has 2 unspecified atom stereocenters. The van der Waals surface area contributed by atoms with Gasteiger partial charge in [0.15, 0.2) is 12.4 Å². The van der Waals surface area contributed by atoms with E-state index in [4.69, 9.17) is 18.9 Å². The van der Waals surface area contributed by atoms with Gasteiger partial charge in [0.1, 0.15) is 31.0 Å². The summed E-state index contributed by atoms with van der Waals surface area (Å²) < 4.78 is 22.2. The van der Waals surface area contributed by atoms with Crippen molar-refractivity contribution in [2.24, 2.45) is 0 Å². The monoisotopic (exact) mass is 905 g/mol. The summed E-state index contributed by atoms with van der Waals surface area (Å²) in [5, 5.41) is 40.2. The minimum absolute atomic E-state index is 0.225. The molecule has 1 fully saturated rings. The molecule has 0 aliphatic carbocycles. The first kappa shape index (κ1) is 59.7. The third-order valence-electron chi connectivity index (χ3n) is 11.9. The Morgan fingerprint density at radius 2 is 0.906 bits per heavy atom. The summed E-state index contributed by atoms with van der Waals surface area (Å²) in [6.07, 6.45) is 46.9. The summed E-state index contributed by atoms with van der Waals surface area (Å²) in [7, 11) is 0. The number of aliphatic hydroxyl groups is 4. The van der Waals surface area contributed by atoms with E-state index in [9.17, 15) is 30.0 Å². The van der Waals surface area contributed by atoms with Gasteiger partial charge >= 0.3 is 11.9 Å². The van der Waals surface area contributed by atoms with Crippen molar-refractivity contribution in [3.63, 3.8) is 0 Å². The van der Waals surface area contributed by atoms with Crippen LogP contribution in [0.25, 0.3) is 0 Å². The van der Waals surface area contributed by atoms with Gasteiger partial charge in [0.05, 0.1) is 13.2 Å². The number of carbonyl (C=O) groups is 2. The first-order valence-electron chi connectivity index (χ1n) is 26.2. The van der Waals surface area contributed by atoms with Crippen molar-refractivity contribution in [1.29, 1.82) is 0 Å². The lowest BCUT2D eigenvalue weighted by Gasteiger charge is -2.39. The second-order valence-corrected chi connectivity index (χ2v) is 18.0. The Kier molecular flexibility index (Phi) is 41.5. The molecule has 0 aromatic carbocycles. The maximum Gasteiger partial charge on any atom is 0.306 e. The second kappa shape index (κ2) is 44.5. The minimum Gasteiger partial charge on any atom is -0.462 e. The quantitative estimate of drug-likeness (QED) is 0.0264. The van der Waals surface area contributed by atoms with Gasteiger partial charge in [-0.05, 0) is 51.4 Å². The molecule has 10 heteroatoms. The zero-order chi connectivity index (χ0) is 46.6. The van der Waals surface area contributed by atoms with Gasteiger partial charge in [-0.1, -0.05) is 210 Å². The number of unbranched alkanes of at least 4 members (excludes halogenated alkanes) is 25. The Labute approximate surface area is 390 Å². The zero-order valence-electron chi connectivity index (χ0n) is 40.8. The van der Waals surface area contributed by atoms with Crippen molar-refractivity contribution in [3.8, 4) is 0 Å². The molecule has 372 valence electrons.